The van der Waals surface area contributed by atoms with Gasteiger partial charge in [-0.1, -0.05) is 25.0 Å². The fourth-order valence-electron chi connectivity index (χ4n) is 4.34. The van der Waals surface area contributed by atoms with E-state index in [-0.39, 0.29) is 11.4 Å². The average molecular weight is 412 g/mol. The van der Waals surface area contributed by atoms with Crippen LogP contribution in [-0.2, 0) is 5.41 Å². The van der Waals surface area contributed by atoms with Crippen molar-refractivity contribution in [2.75, 3.05) is 11.9 Å². The van der Waals surface area contributed by atoms with Gasteiger partial charge < -0.3 is 10.6 Å². The highest BCUT2D eigenvalue weighted by Gasteiger charge is 2.36. The minimum Gasteiger partial charge on any atom is -0.337 e. The van der Waals surface area contributed by atoms with Crippen molar-refractivity contribution in [2.24, 2.45) is 0 Å². The third-order valence-corrected chi connectivity index (χ3v) is 6.01. The first-order valence-corrected chi connectivity index (χ1v) is 10.5. The van der Waals surface area contributed by atoms with Gasteiger partial charge in [-0.3, -0.25) is 4.98 Å². The van der Waals surface area contributed by atoms with E-state index in [1.165, 1.54) is 0 Å². The average Bonchev–Trinajstić information content (AvgIpc) is 3.29. The van der Waals surface area contributed by atoms with E-state index in [4.69, 9.17) is 0 Å². The fourth-order valence-corrected chi connectivity index (χ4v) is 4.34. The Morgan fingerprint density at radius 2 is 1.77 bits per heavy atom. The Balaban J connectivity index is 1.40. The van der Waals surface area contributed by atoms with E-state index in [0.717, 1.165) is 53.8 Å². The van der Waals surface area contributed by atoms with E-state index in [1.54, 1.807) is 12.4 Å². The molecule has 0 spiro atoms. The lowest BCUT2D eigenvalue weighted by Gasteiger charge is -2.30. The summed E-state index contributed by atoms with van der Waals surface area (Å²) in [6.07, 6.45) is 7.68. The summed E-state index contributed by atoms with van der Waals surface area (Å²) in [5, 5.41) is 15.1. The summed E-state index contributed by atoms with van der Waals surface area (Å²) in [4.78, 5) is 20.9. The molecule has 1 aliphatic rings. The van der Waals surface area contributed by atoms with E-state index >= 15 is 0 Å². The Morgan fingerprint density at radius 1 is 1.03 bits per heavy atom. The zero-order valence-electron chi connectivity index (χ0n) is 17.6. The molecule has 2 N–H and O–H groups in total. The van der Waals surface area contributed by atoms with Gasteiger partial charge in [0, 0.05) is 35.7 Å². The van der Waals surface area contributed by atoms with Gasteiger partial charge in [0.25, 0.3) is 0 Å². The zero-order valence-corrected chi connectivity index (χ0v) is 17.6. The van der Waals surface area contributed by atoms with Crippen molar-refractivity contribution in [3.05, 3.63) is 77.9 Å². The van der Waals surface area contributed by atoms with Gasteiger partial charge in [0.1, 0.15) is 11.8 Å². The van der Waals surface area contributed by atoms with Crippen LogP contribution in [0.1, 0.15) is 42.6 Å². The predicted molar refractivity (Wildman–Crippen MR) is 121 cm³/mol. The van der Waals surface area contributed by atoms with Crippen molar-refractivity contribution < 1.29 is 4.79 Å². The van der Waals surface area contributed by atoms with Gasteiger partial charge in [0.2, 0.25) is 0 Å². The molecule has 2 heterocycles. The van der Waals surface area contributed by atoms with Crippen LogP contribution in [0.5, 0.6) is 0 Å². The van der Waals surface area contributed by atoms with Crippen LogP contribution in [-0.4, -0.2) is 22.5 Å². The minimum absolute atomic E-state index is 0.144. The number of hydrogen-bond acceptors (Lipinski definition) is 4. The quantitative estimate of drug-likeness (QED) is 0.621. The van der Waals surface area contributed by atoms with E-state index in [2.05, 4.69) is 26.7 Å². The molecule has 1 aromatic carbocycles. The number of urea groups is 1. The molecular formula is C25H25N5O. The molecule has 2 amide bonds. The molecule has 0 radical (unpaired) electrons. The van der Waals surface area contributed by atoms with Crippen molar-refractivity contribution in [1.82, 2.24) is 15.3 Å². The maximum atomic E-state index is 12.6. The molecule has 0 unspecified atom stereocenters. The summed E-state index contributed by atoms with van der Waals surface area (Å²) in [5.74, 6) is 0. The number of anilines is 1. The zero-order chi connectivity index (χ0) is 21.7. The number of carbonyl (C=O) groups is 1. The standard InChI is InChI=1S/C25H25N5O/c1-18-14-20(8-12-27-18)19-4-6-22(7-5-19)30-24(31)29-17-25(10-2-3-11-25)21-9-13-28-23(15-21)16-26/h4-9,12-15H,2-3,10-11,17H2,1H3,(H2,29,30,31). The lowest BCUT2D eigenvalue weighted by atomic mass is 9.79. The first kappa shape index (κ1) is 20.5. The molecule has 1 aliphatic carbocycles. The van der Waals surface area contributed by atoms with Crippen LogP contribution in [0, 0.1) is 18.3 Å². The highest BCUT2D eigenvalue weighted by Crippen LogP contribution is 2.40. The Bertz CT molecular complexity index is 1110. The molecule has 0 bridgehead atoms. The molecule has 1 saturated carbocycles. The van der Waals surface area contributed by atoms with Crippen LogP contribution in [0.15, 0.2) is 60.9 Å². The van der Waals surface area contributed by atoms with Crippen LogP contribution >= 0.6 is 0 Å². The highest BCUT2D eigenvalue weighted by molar-refractivity contribution is 5.89. The molecule has 4 rings (SSSR count). The summed E-state index contributed by atoms with van der Waals surface area (Å²) >= 11 is 0. The molecule has 6 nitrogen and oxygen atoms in total. The van der Waals surface area contributed by atoms with Gasteiger partial charge in [0.05, 0.1) is 0 Å². The molecule has 1 fully saturated rings. The minimum atomic E-state index is -0.228. The third kappa shape index (κ3) is 4.72. The number of nitriles is 1. The summed E-state index contributed by atoms with van der Waals surface area (Å²) in [6.45, 7) is 2.50. The number of amides is 2. The second-order valence-electron chi connectivity index (χ2n) is 8.10. The molecule has 2 aromatic heterocycles. The second-order valence-corrected chi connectivity index (χ2v) is 8.10. The number of hydrogen-bond donors (Lipinski definition) is 2. The second kappa shape index (κ2) is 8.97. The molecular weight excluding hydrogens is 386 g/mol. The van der Waals surface area contributed by atoms with Crippen molar-refractivity contribution in [3.63, 3.8) is 0 Å². The Morgan fingerprint density at radius 3 is 2.48 bits per heavy atom. The number of carbonyl (C=O) groups excluding carboxylic acids is 1. The maximum absolute atomic E-state index is 12.6. The third-order valence-electron chi connectivity index (χ3n) is 6.01. The summed E-state index contributed by atoms with van der Waals surface area (Å²) in [6, 6.07) is 17.5. The van der Waals surface area contributed by atoms with E-state index in [9.17, 15) is 10.1 Å². The predicted octanol–water partition coefficient (Wildman–Crippen LogP) is 4.96. The number of aromatic nitrogens is 2. The van der Waals surface area contributed by atoms with Gasteiger partial charge in [-0.15, -0.1) is 0 Å². The number of benzene rings is 1. The Labute approximate surface area is 182 Å². The van der Waals surface area contributed by atoms with E-state index < -0.39 is 0 Å². The SMILES string of the molecule is Cc1cc(-c2ccc(NC(=O)NCC3(c4ccnc(C#N)c4)CCCC3)cc2)ccn1. The van der Waals surface area contributed by atoms with Crippen LogP contribution in [0.4, 0.5) is 10.5 Å². The Kier molecular flexibility index (Phi) is 5.94. The van der Waals surface area contributed by atoms with Crippen LogP contribution in [0.3, 0.4) is 0 Å². The topological polar surface area (TPSA) is 90.7 Å². The van der Waals surface area contributed by atoms with Crippen LogP contribution in [0.25, 0.3) is 11.1 Å². The van der Waals surface area contributed by atoms with Gasteiger partial charge in [-0.25, -0.2) is 9.78 Å². The number of nitrogens with zero attached hydrogens (tertiary/aromatic N) is 3. The van der Waals surface area contributed by atoms with Gasteiger partial charge in [-0.2, -0.15) is 5.26 Å². The van der Waals surface area contributed by atoms with Gasteiger partial charge in [0.15, 0.2) is 0 Å². The fraction of sp³-hybridized carbons (Fsp3) is 0.280. The van der Waals surface area contributed by atoms with Crippen molar-refractivity contribution >= 4 is 11.7 Å². The normalized spacial score (nSPS) is 14.6. The van der Waals surface area contributed by atoms with E-state index in [1.807, 2.05) is 55.5 Å². The monoisotopic (exact) mass is 411 g/mol. The van der Waals surface area contributed by atoms with E-state index in [0.29, 0.717) is 12.2 Å². The molecule has 0 aliphatic heterocycles. The van der Waals surface area contributed by atoms with Crippen molar-refractivity contribution in [2.45, 2.75) is 38.0 Å². The van der Waals surface area contributed by atoms with Gasteiger partial charge >= 0.3 is 6.03 Å². The first-order valence-electron chi connectivity index (χ1n) is 10.5. The lowest BCUT2D eigenvalue weighted by Crippen LogP contribution is -2.41. The molecule has 0 saturated heterocycles. The summed E-state index contributed by atoms with van der Waals surface area (Å²) < 4.78 is 0. The molecule has 3 aromatic rings. The lowest BCUT2D eigenvalue weighted by molar-refractivity contribution is 0.248. The maximum Gasteiger partial charge on any atom is 0.319 e. The Hall–Kier alpha value is -3.72. The number of rotatable bonds is 5. The smallest absolute Gasteiger partial charge is 0.319 e. The van der Waals surface area contributed by atoms with Gasteiger partial charge in [-0.05, 0) is 72.9 Å². The molecule has 31 heavy (non-hydrogen) atoms. The summed E-state index contributed by atoms with van der Waals surface area (Å²) in [7, 11) is 0. The molecule has 0 atom stereocenters. The summed E-state index contributed by atoms with van der Waals surface area (Å²) in [5.41, 5.74) is 5.23. The molecule has 6 heteroatoms. The number of aryl methyl sites for hydroxylation is 1. The largest absolute Gasteiger partial charge is 0.337 e. The first-order chi connectivity index (χ1) is 15.1. The van der Waals surface area contributed by atoms with Crippen molar-refractivity contribution in [3.8, 4) is 17.2 Å². The van der Waals surface area contributed by atoms with Crippen LogP contribution < -0.4 is 10.6 Å². The van der Waals surface area contributed by atoms with Crippen LogP contribution in [0.2, 0.25) is 0 Å². The highest BCUT2D eigenvalue weighted by atomic mass is 16.2. The van der Waals surface area contributed by atoms with Crippen molar-refractivity contribution in [1.29, 1.82) is 5.26 Å². The molecule has 156 valence electrons. The number of nitrogens with one attached hydrogen (secondary N) is 2. The number of pyridine rings is 2.